The van der Waals surface area contributed by atoms with Gasteiger partial charge in [-0.25, -0.2) is 13.8 Å². The maximum absolute atomic E-state index is 12.6. The van der Waals surface area contributed by atoms with Gasteiger partial charge in [0, 0.05) is 11.8 Å². The molecule has 0 radical (unpaired) electrons. The first-order valence-electron chi connectivity index (χ1n) is 5.59. The number of nitrogens with zero attached hydrogens (tertiary/aromatic N) is 1. The van der Waals surface area contributed by atoms with Crippen LogP contribution < -0.4 is 0 Å². The van der Waals surface area contributed by atoms with Gasteiger partial charge in [-0.1, -0.05) is 0 Å². The van der Waals surface area contributed by atoms with Gasteiger partial charge in [-0.05, 0) is 0 Å². The zero-order valence-electron chi connectivity index (χ0n) is 10.6. The molecule has 0 saturated carbocycles. The summed E-state index contributed by atoms with van der Waals surface area (Å²) < 4.78 is 57.8. The molecule has 0 atom stereocenters. The molecule has 0 unspecified atom stereocenters. The number of carbonyl (C=O) groups excluding carboxylic acids is 1. The Bertz CT molecular complexity index is 439. The van der Waals surface area contributed by atoms with Gasteiger partial charge in [-0.2, -0.15) is 8.78 Å². The van der Waals surface area contributed by atoms with Crippen molar-refractivity contribution in [2.45, 2.75) is 31.8 Å². The van der Waals surface area contributed by atoms with Gasteiger partial charge in [0.2, 0.25) is 0 Å². The lowest BCUT2D eigenvalue weighted by Crippen LogP contribution is -2.32. The number of aromatic nitrogens is 1. The van der Waals surface area contributed by atoms with Crippen LogP contribution in [0.3, 0.4) is 0 Å². The molecular formula is C11H13F4NO3S. The van der Waals surface area contributed by atoms with Crippen molar-refractivity contribution in [2.75, 3.05) is 13.7 Å². The fourth-order valence-corrected chi connectivity index (χ4v) is 1.96. The minimum atomic E-state index is -4.16. The maximum atomic E-state index is 12.6. The van der Waals surface area contributed by atoms with Crippen molar-refractivity contribution in [1.29, 1.82) is 0 Å². The zero-order chi connectivity index (χ0) is 15.2. The van der Waals surface area contributed by atoms with E-state index in [4.69, 9.17) is 0 Å². The van der Waals surface area contributed by atoms with E-state index in [0.717, 1.165) is 11.3 Å². The molecule has 0 aliphatic carbocycles. The van der Waals surface area contributed by atoms with Crippen molar-refractivity contribution in [2.24, 2.45) is 0 Å². The third-order valence-electron chi connectivity index (χ3n) is 2.25. The average molecular weight is 315 g/mol. The highest BCUT2D eigenvalue weighted by molar-refractivity contribution is 7.09. The van der Waals surface area contributed by atoms with Crippen LogP contribution in [0.4, 0.5) is 17.6 Å². The number of rotatable bonds is 8. The van der Waals surface area contributed by atoms with Crippen molar-refractivity contribution >= 4 is 17.3 Å². The smallest absolute Gasteiger partial charge is 0.330 e. The lowest BCUT2D eigenvalue weighted by Gasteiger charge is -2.14. The Morgan fingerprint density at radius 2 is 2.20 bits per heavy atom. The molecule has 0 amide bonds. The largest absolute Gasteiger partial charge is 0.469 e. The van der Waals surface area contributed by atoms with E-state index in [2.05, 4.69) is 14.5 Å². The second-order valence-corrected chi connectivity index (χ2v) is 4.81. The van der Waals surface area contributed by atoms with Crippen LogP contribution in [-0.2, 0) is 27.3 Å². The van der Waals surface area contributed by atoms with Gasteiger partial charge in [-0.15, -0.1) is 11.3 Å². The fraction of sp³-hybridized carbons (Fsp3) is 0.636. The second kappa shape index (κ2) is 7.53. The summed E-state index contributed by atoms with van der Waals surface area (Å²) in [6.45, 7) is -1.63. The number of ether oxygens (including phenoxy) is 2. The van der Waals surface area contributed by atoms with Crippen molar-refractivity contribution in [1.82, 2.24) is 4.98 Å². The molecule has 20 heavy (non-hydrogen) atoms. The van der Waals surface area contributed by atoms with E-state index in [1.165, 1.54) is 7.11 Å². The first-order chi connectivity index (χ1) is 9.35. The molecule has 0 aliphatic rings. The molecule has 114 valence electrons. The van der Waals surface area contributed by atoms with Crippen LogP contribution in [0.1, 0.15) is 17.1 Å². The summed E-state index contributed by atoms with van der Waals surface area (Å²) >= 11 is 1.15. The van der Waals surface area contributed by atoms with E-state index in [-0.39, 0.29) is 19.0 Å². The minimum Gasteiger partial charge on any atom is -0.469 e. The number of hydrogen-bond donors (Lipinski definition) is 0. The van der Waals surface area contributed by atoms with Crippen LogP contribution in [-0.4, -0.2) is 37.0 Å². The third kappa shape index (κ3) is 5.41. The number of esters is 1. The summed E-state index contributed by atoms with van der Waals surface area (Å²) in [4.78, 5) is 14.9. The van der Waals surface area contributed by atoms with Gasteiger partial charge in [0.25, 0.3) is 0 Å². The molecule has 1 heterocycles. The monoisotopic (exact) mass is 315 g/mol. The molecule has 0 N–H and O–H groups in total. The van der Waals surface area contributed by atoms with Crippen LogP contribution in [0.15, 0.2) is 5.38 Å². The highest BCUT2D eigenvalue weighted by atomic mass is 32.1. The molecule has 0 aliphatic heterocycles. The lowest BCUT2D eigenvalue weighted by atomic mass is 10.2. The molecular weight excluding hydrogens is 302 g/mol. The van der Waals surface area contributed by atoms with Crippen molar-refractivity contribution in [3.05, 3.63) is 16.1 Å². The molecule has 1 rings (SSSR count). The van der Waals surface area contributed by atoms with Crippen LogP contribution in [0.5, 0.6) is 0 Å². The van der Waals surface area contributed by atoms with Crippen LogP contribution in [0.25, 0.3) is 0 Å². The van der Waals surface area contributed by atoms with E-state index >= 15 is 0 Å². The standard InChI is InChI=1S/C11H13F4NO3S/c1-18-9(17)3-2-7-5-20-8(16-7)4-19-6-11(14,15)10(12)13/h5,10H,2-4,6H2,1H3. The predicted octanol–water partition coefficient (Wildman–Crippen LogP) is 2.67. The number of methoxy groups -OCH3 is 1. The van der Waals surface area contributed by atoms with E-state index in [1.807, 2.05) is 0 Å². The normalized spacial score (nSPS) is 11.9. The molecule has 0 spiro atoms. The van der Waals surface area contributed by atoms with Crippen molar-refractivity contribution in [3.8, 4) is 0 Å². The third-order valence-corrected chi connectivity index (χ3v) is 3.12. The maximum Gasteiger partial charge on any atom is 0.330 e. The van der Waals surface area contributed by atoms with E-state index in [9.17, 15) is 22.4 Å². The SMILES string of the molecule is COC(=O)CCc1csc(COCC(F)(F)C(F)F)n1. The van der Waals surface area contributed by atoms with Crippen molar-refractivity contribution in [3.63, 3.8) is 0 Å². The summed E-state index contributed by atoms with van der Waals surface area (Å²) in [7, 11) is 1.27. The Hall–Kier alpha value is -1.22. The summed E-state index contributed by atoms with van der Waals surface area (Å²) in [5.41, 5.74) is 0.597. The number of halogens is 4. The van der Waals surface area contributed by atoms with E-state index in [0.29, 0.717) is 17.1 Å². The van der Waals surface area contributed by atoms with Crippen LogP contribution in [0, 0.1) is 0 Å². The Labute approximate surface area is 116 Å². The molecule has 0 aromatic carbocycles. The average Bonchev–Trinajstić information content (AvgIpc) is 2.83. The van der Waals surface area contributed by atoms with Gasteiger partial charge in [0.05, 0.1) is 25.8 Å². The Morgan fingerprint density at radius 1 is 1.50 bits per heavy atom. The Morgan fingerprint density at radius 3 is 2.80 bits per heavy atom. The topological polar surface area (TPSA) is 48.4 Å². The molecule has 1 aromatic rings. The second-order valence-electron chi connectivity index (χ2n) is 3.86. The first kappa shape index (κ1) is 16.8. The molecule has 9 heteroatoms. The molecule has 0 fully saturated rings. The highest BCUT2D eigenvalue weighted by Crippen LogP contribution is 2.23. The highest BCUT2D eigenvalue weighted by Gasteiger charge is 2.40. The van der Waals surface area contributed by atoms with Crippen molar-refractivity contribution < 1.29 is 31.8 Å². The fourth-order valence-electron chi connectivity index (χ4n) is 1.20. The summed E-state index contributed by atoms with van der Waals surface area (Å²) in [6.07, 6.45) is -3.24. The van der Waals surface area contributed by atoms with Gasteiger partial charge >= 0.3 is 18.3 Å². The summed E-state index contributed by atoms with van der Waals surface area (Å²) in [5, 5.41) is 2.03. The summed E-state index contributed by atoms with van der Waals surface area (Å²) in [6, 6.07) is 0. The Balaban J connectivity index is 2.35. The number of alkyl halides is 4. The quantitative estimate of drug-likeness (QED) is 0.547. The molecule has 4 nitrogen and oxygen atoms in total. The first-order valence-corrected chi connectivity index (χ1v) is 6.47. The predicted molar refractivity (Wildman–Crippen MR) is 63.1 cm³/mol. The van der Waals surface area contributed by atoms with Crippen LogP contribution >= 0.6 is 11.3 Å². The summed E-state index contributed by atoms with van der Waals surface area (Å²) in [5.74, 6) is -4.54. The molecule has 0 bridgehead atoms. The minimum absolute atomic E-state index is 0.157. The Kier molecular flexibility index (Phi) is 6.34. The van der Waals surface area contributed by atoms with Gasteiger partial charge in [0.1, 0.15) is 11.6 Å². The number of thiazole rings is 1. The number of aryl methyl sites for hydroxylation is 1. The lowest BCUT2D eigenvalue weighted by molar-refractivity contribution is -0.168. The molecule has 1 aromatic heterocycles. The van der Waals surface area contributed by atoms with Gasteiger partial charge in [-0.3, -0.25) is 4.79 Å². The van der Waals surface area contributed by atoms with E-state index in [1.54, 1.807) is 5.38 Å². The van der Waals surface area contributed by atoms with E-state index < -0.39 is 19.0 Å². The number of hydrogen-bond acceptors (Lipinski definition) is 5. The van der Waals surface area contributed by atoms with Crippen LogP contribution in [0.2, 0.25) is 0 Å². The van der Waals surface area contributed by atoms with Gasteiger partial charge in [0.15, 0.2) is 0 Å². The molecule has 0 saturated heterocycles. The van der Waals surface area contributed by atoms with Gasteiger partial charge < -0.3 is 9.47 Å². The zero-order valence-corrected chi connectivity index (χ0v) is 11.4. The number of carbonyl (C=O) groups is 1.